The van der Waals surface area contributed by atoms with Gasteiger partial charge in [0.05, 0.1) is 6.10 Å². The molecule has 0 saturated heterocycles. The van der Waals surface area contributed by atoms with Crippen molar-refractivity contribution in [3.05, 3.63) is 0 Å². The number of aliphatic hydroxyl groups is 1. The van der Waals surface area contributed by atoms with E-state index in [1.165, 1.54) is 25.7 Å². The Kier molecular flexibility index (Phi) is 12.8. The van der Waals surface area contributed by atoms with Crippen LogP contribution < -0.4 is 0 Å². The van der Waals surface area contributed by atoms with Gasteiger partial charge in [0.2, 0.25) is 0 Å². The second kappa shape index (κ2) is 13.1. The molecule has 0 amide bonds. The molecule has 0 aromatic carbocycles. The Bertz CT molecular complexity index is 180. The highest BCUT2D eigenvalue weighted by Gasteiger charge is 2.06. The molecule has 2 nitrogen and oxygen atoms in total. The van der Waals surface area contributed by atoms with Crippen molar-refractivity contribution in [2.75, 3.05) is 0 Å². The maximum atomic E-state index is 10.6. The summed E-state index contributed by atoms with van der Waals surface area (Å²) in [6, 6.07) is 0. The normalized spacial score (nSPS) is 14.4. The monoisotopic (exact) mass is 256 g/mol. The minimum absolute atomic E-state index is 0.122. The van der Waals surface area contributed by atoms with Crippen LogP contribution in [0.3, 0.4) is 0 Å². The summed E-state index contributed by atoms with van der Waals surface area (Å²) in [7, 11) is 0. The minimum atomic E-state index is -0.122. The van der Waals surface area contributed by atoms with E-state index in [2.05, 4.69) is 13.8 Å². The highest BCUT2D eigenvalue weighted by Crippen LogP contribution is 2.15. The van der Waals surface area contributed by atoms with Crippen molar-refractivity contribution < 1.29 is 9.90 Å². The van der Waals surface area contributed by atoms with Crippen LogP contribution >= 0.6 is 0 Å². The van der Waals surface area contributed by atoms with Crippen molar-refractivity contribution in [2.24, 2.45) is 5.92 Å². The summed E-state index contributed by atoms with van der Waals surface area (Å²) >= 11 is 0. The lowest BCUT2D eigenvalue weighted by Gasteiger charge is -2.11. The first-order chi connectivity index (χ1) is 8.74. The largest absolute Gasteiger partial charge is 0.393 e. The Balaban J connectivity index is 3.31. The zero-order chi connectivity index (χ0) is 13.6. The fraction of sp³-hybridized carbons (Fsp3) is 0.938. The fourth-order valence-corrected chi connectivity index (χ4v) is 2.28. The number of rotatable bonds is 13. The molecule has 0 spiro atoms. The highest BCUT2D eigenvalue weighted by molar-refractivity contribution is 5.53. The van der Waals surface area contributed by atoms with E-state index in [4.69, 9.17) is 0 Å². The van der Waals surface area contributed by atoms with Gasteiger partial charge in [-0.3, -0.25) is 0 Å². The third kappa shape index (κ3) is 10.8. The first-order valence-corrected chi connectivity index (χ1v) is 7.87. The Morgan fingerprint density at radius 1 is 0.889 bits per heavy atom. The van der Waals surface area contributed by atoms with Crippen molar-refractivity contribution in [1.29, 1.82) is 0 Å². The van der Waals surface area contributed by atoms with Crippen molar-refractivity contribution >= 4 is 6.29 Å². The summed E-state index contributed by atoms with van der Waals surface area (Å²) in [5.41, 5.74) is 0. The average Bonchev–Trinajstić information content (AvgIpc) is 2.39. The van der Waals surface area contributed by atoms with Gasteiger partial charge in [0.15, 0.2) is 0 Å². The molecule has 18 heavy (non-hydrogen) atoms. The predicted molar refractivity (Wildman–Crippen MR) is 77.7 cm³/mol. The minimum Gasteiger partial charge on any atom is -0.393 e. The summed E-state index contributed by atoms with van der Waals surface area (Å²) in [6.07, 6.45) is 13.2. The van der Waals surface area contributed by atoms with E-state index in [-0.39, 0.29) is 12.0 Å². The number of hydrogen-bond donors (Lipinski definition) is 1. The van der Waals surface area contributed by atoms with Crippen LogP contribution in [0, 0.1) is 5.92 Å². The highest BCUT2D eigenvalue weighted by atomic mass is 16.3. The third-order valence-electron chi connectivity index (χ3n) is 3.72. The third-order valence-corrected chi connectivity index (χ3v) is 3.72. The molecule has 2 unspecified atom stereocenters. The molecule has 0 radical (unpaired) electrons. The van der Waals surface area contributed by atoms with E-state index in [0.29, 0.717) is 0 Å². The first-order valence-electron chi connectivity index (χ1n) is 7.87. The van der Waals surface area contributed by atoms with Gasteiger partial charge in [-0.05, 0) is 25.7 Å². The number of aldehydes is 1. The zero-order valence-electron chi connectivity index (χ0n) is 12.4. The maximum absolute atomic E-state index is 10.6. The van der Waals surface area contributed by atoms with E-state index < -0.39 is 0 Å². The molecule has 0 rings (SSSR count). The fourth-order valence-electron chi connectivity index (χ4n) is 2.28. The predicted octanol–water partition coefficient (Wildman–Crippen LogP) is 4.49. The van der Waals surface area contributed by atoms with Crippen molar-refractivity contribution in [2.45, 2.75) is 90.6 Å². The van der Waals surface area contributed by atoms with Crippen LogP contribution in [0.1, 0.15) is 84.5 Å². The number of carbonyl (C=O) groups excluding carboxylic acids is 1. The lowest BCUT2D eigenvalue weighted by Crippen LogP contribution is -2.07. The van der Waals surface area contributed by atoms with Crippen LogP contribution in [-0.2, 0) is 4.79 Å². The van der Waals surface area contributed by atoms with Gasteiger partial charge in [0, 0.05) is 5.92 Å². The molecule has 0 aliphatic heterocycles. The number of carbonyl (C=O) groups is 1. The molecule has 0 aromatic heterocycles. The molecule has 108 valence electrons. The smallest absolute Gasteiger partial charge is 0.123 e. The van der Waals surface area contributed by atoms with Crippen molar-refractivity contribution in [3.8, 4) is 0 Å². The summed E-state index contributed by atoms with van der Waals surface area (Å²) in [6.45, 7) is 4.28. The second-order valence-corrected chi connectivity index (χ2v) is 5.45. The number of hydrogen-bond acceptors (Lipinski definition) is 2. The van der Waals surface area contributed by atoms with E-state index in [9.17, 15) is 9.90 Å². The van der Waals surface area contributed by atoms with E-state index >= 15 is 0 Å². The summed E-state index contributed by atoms with van der Waals surface area (Å²) in [5.74, 6) is 0.233. The van der Waals surface area contributed by atoms with Crippen LogP contribution in [0.4, 0.5) is 0 Å². The van der Waals surface area contributed by atoms with Crippen LogP contribution in [0.25, 0.3) is 0 Å². The van der Waals surface area contributed by atoms with Crippen LogP contribution in [0.5, 0.6) is 0 Å². The lowest BCUT2D eigenvalue weighted by molar-refractivity contribution is -0.111. The van der Waals surface area contributed by atoms with Gasteiger partial charge >= 0.3 is 0 Å². The summed E-state index contributed by atoms with van der Waals surface area (Å²) in [4.78, 5) is 10.6. The average molecular weight is 256 g/mol. The van der Waals surface area contributed by atoms with Gasteiger partial charge in [-0.1, -0.05) is 58.8 Å². The Morgan fingerprint density at radius 2 is 1.44 bits per heavy atom. The molecule has 0 aromatic rings. The molecular formula is C16H32O2. The second-order valence-electron chi connectivity index (χ2n) is 5.45. The molecule has 1 N–H and O–H groups in total. The molecular weight excluding hydrogens is 224 g/mol. The van der Waals surface area contributed by atoms with Gasteiger partial charge in [0.25, 0.3) is 0 Å². The van der Waals surface area contributed by atoms with Crippen LogP contribution in [-0.4, -0.2) is 17.5 Å². The molecule has 0 bridgehead atoms. The number of aliphatic hydroxyl groups excluding tert-OH is 1. The standard InChI is InChI=1S/C16H32O2/c1-3-5-6-7-8-12-16(18)13-10-9-11-15(4-2)14-17/h14-16,18H,3-13H2,1-2H3. The van der Waals surface area contributed by atoms with Gasteiger partial charge in [-0.25, -0.2) is 0 Å². The summed E-state index contributed by atoms with van der Waals surface area (Å²) in [5, 5.41) is 9.82. The zero-order valence-corrected chi connectivity index (χ0v) is 12.4. The van der Waals surface area contributed by atoms with Gasteiger partial charge in [0.1, 0.15) is 6.29 Å². The van der Waals surface area contributed by atoms with Gasteiger partial charge < -0.3 is 9.90 Å². The molecule has 0 aliphatic rings. The SMILES string of the molecule is CCCCCCCC(O)CCCCC(C=O)CC. The molecule has 2 atom stereocenters. The van der Waals surface area contributed by atoms with E-state index in [1.54, 1.807) is 0 Å². The van der Waals surface area contributed by atoms with Gasteiger partial charge in [-0.2, -0.15) is 0 Å². The van der Waals surface area contributed by atoms with E-state index in [1.807, 2.05) is 0 Å². The Labute approximate surface area is 113 Å². The van der Waals surface area contributed by atoms with Crippen molar-refractivity contribution in [3.63, 3.8) is 0 Å². The van der Waals surface area contributed by atoms with Crippen LogP contribution in [0.15, 0.2) is 0 Å². The van der Waals surface area contributed by atoms with E-state index in [0.717, 1.165) is 51.2 Å². The Morgan fingerprint density at radius 3 is 2.00 bits per heavy atom. The van der Waals surface area contributed by atoms with Crippen LogP contribution in [0.2, 0.25) is 0 Å². The molecule has 0 aliphatic carbocycles. The Hall–Kier alpha value is -0.370. The number of unbranched alkanes of at least 4 members (excludes halogenated alkanes) is 5. The summed E-state index contributed by atoms with van der Waals surface area (Å²) < 4.78 is 0. The molecule has 2 heteroatoms. The quantitative estimate of drug-likeness (QED) is 0.389. The molecule has 0 heterocycles. The van der Waals surface area contributed by atoms with Crippen molar-refractivity contribution in [1.82, 2.24) is 0 Å². The topological polar surface area (TPSA) is 37.3 Å². The molecule has 0 saturated carbocycles. The first kappa shape index (κ1) is 17.6. The lowest BCUT2D eigenvalue weighted by atomic mass is 9.98. The van der Waals surface area contributed by atoms with Gasteiger partial charge in [-0.15, -0.1) is 0 Å². The maximum Gasteiger partial charge on any atom is 0.123 e. The molecule has 0 fully saturated rings.